The molecule has 0 spiro atoms. The van der Waals surface area contributed by atoms with Crippen LogP contribution in [0, 0.1) is 16.7 Å². The summed E-state index contributed by atoms with van der Waals surface area (Å²) in [5.41, 5.74) is 0.145. The van der Waals surface area contributed by atoms with Crippen LogP contribution in [0.25, 0.3) is 0 Å². The van der Waals surface area contributed by atoms with Crippen molar-refractivity contribution in [2.24, 2.45) is 5.41 Å². The van der Waals surface area contributed by atoms with Gasteiger partial charge in [0.2, 0.25) is 0 Å². The van der Waals surface area contributed by atoms with Gasteiger partial charge in [0.05, 0.1) is 6.07 Å². The lowest BCUT2D eigenvalue weighted by atomic mass is 9.90. The summed E-state index contributed by atoms with van der Waals surface area (Å²) in [6.07, 6.45) is 9.10. The summed E-state index contributed by atoms with van der Waals surface area (Å²) >= 11 is 0. The van der Waals surface area contributed by atoms with Gasteiger partial charge in [-0.2, -0.15) is 5.26 Å². The maximum Gasteiger partial charge on any atom is 0.362 e. The molecule has 164 valence electrons. The number of carbonyl (C=O) groups excluding carboxylic acids is 2. The molecule has 2 rings (SSSR count). The molecular formula is C25H30N2O4. The Balaban J connectivity index is 1.88. The van der Waals surface area contributed by atoms with Gasteiger partial charge in [-0.15, -0.1) is 0 Å². The fourth-order valence-corrected chi connectivity index (χ4v) is 2.85. The van der Waals surface area contributed by atoms with Gasteiger partial charge in [0, 0.05) is 6.20 Å². The van der Waals surface area contributed by atoms with E-state index < -0.39 is 17.4 Å². The van der Waals surface area contributed by atoms with Gasteiger partial charge in [-0.05, 0) is 62.1 Å². The van der Waals surface area contributed by atoms with Crippen LogP contribution >= 0.6 is 0 Å². The molecule has 1 heterocycles. The Bertz CT molecular complexity index is 901. The van der Waals surface area contributed by atoms with Gasteiger partial charge in [-0.25, -0.2) is 14.6 Å². The maximum atomic E-state index is 12.3. The van der Waals surface area contributed by atoms with Crippen molar-refractivity contribution in [3.05, 3.63) is 53.9 Å². The van der Waals surface area contributed by atoms with Crippen LogP contribution in [0.3, 0.4) is 0 Å². The number of rotatable bonds is 11. The molecule has 31 heavy (non-hydrogen) atoms. The average molecular weight is 423 g/mol. The molecule has 0 amide bonds. The largest absolute Gasteiger partial charge is 0.425 e. The van der Waals surface area contributed by atoms with Crippen molar-refractivity contribution in [3.63, 3.8) is 0 Å². The lowest BCUT2D eigenvalue weighted by Crippen LogP contribution is -2.29. The van der Waals surface area contributed by atoms with Crippen LogP contribution in [0.15, 0.2) is 42.6 Å². The Kier molecular flexibility index (Phi) is 9.20. The quantitative estimate of drug-likeness (QED) is 0.264. The highest BCUT2D eigenvalue weighted by molar-refractivity contribution is 5.89. The first-order chi connectivity index (χ1) is 14.9. The zero-order valence-corrected chi connectivity index (χ0v) is 18.5. The number of nitrogens with zero attached hydrogens (tertiary/aromatic N) is 2. The summed E-state index contributed by atoms with van der Waals surface area (Å²) < 4.78 is 10.6. The van der Waals surface area contributed by atoms with E-state index in [2.05, 4.69) is 11.9 Å². The van der Waals surface area contributed by atoms with E-state index in [1.807, 2.05) is 12.1 Å². The van der Waals surface area contributed by atoms with Gasteiger partial charge in [0.1, 0.15) is 17.2 Å². The number of aryl methyl sites for hydroxylation is 1. The van der Waals surface area contributed by atoms with Crippen molar-refractivity contribution in [3.8, 4) is 17.6 Å². The maximum absolute atomic E-state index is 12.3. The van der Waals surface area contributed by atoms with Gasteiger partial charge >= 0.3 is 11.9 Å². The second-order valence-corrected chi connectivity index (χ2v) is 7.76. The van der Waals surface area contributed by atoms with Crippen molar-refractivity contribution < 1.29 is 19.1 Å². The number of benzene rings is 1. The molecule has 6 nitrogen and oxygen atoms in total. The van der Waals surface area contributed by atoms with E-state index in [4.69, 9.17) is 14.7 Å². The first-order valence-corrected chi connectivity index (χ1v) is 10.8. The molecule has 6 heteroatoms. The van der Waals surface area contributed by atoms with E-state index in [0.717, 1.165) is 18.4 Å². The molecular weight excluding hydrogens is 392 g/mol. The third-order valence-electron chi connectivity index (χ3n) is 5.25. The highest BCUT2D eigenvalue weighted by Crippen LogP contribution is 2.25. The number of hydrogen-bond acceptors (Lipinski definition) is 6. The third-order valence-corrected chi connectivity index (χ3v) is 5.25. The number of unbranched alkanes of at least 4 members (excludes halogenated alkanes) is 4. The minimum Gasteiger partial charge on any atom is -0.425 e. The first-order valence-electron chi connectivity index (χ1n) is 10.8. The lowest BCUT2D eigenvalue weighted by Gasteiger charge is -2.17. The predicted molar refractivity (Wildman–Crippen MR) is 118 cm³/mol. The molecule has 0 bridgehead atoms. The standard InChI is InChI=1S/C25H30N2O4/c1-4-6-7-8-9-10-19-11-16-22(27-17-19)23(28)30-20-12-14-21(15-13-20)31-24(29)25(3,5-2)18-26/h11-17H,4-10H2,1-3H3. The van der Waals surface area contributed by atoms with Crippen molar-refractivity contribution >= 4 is 11.9 Å². The molecule has 1 unspecified atom stereocenters. The summed E-state index contributed by atoms with van der Waals surface area (Å²) in [6, 6.07) is 11.6. The number of carbonyl (C=O) groups is 2. The zero-order valence-electron chi connectivity index (χ0n) is 18.5. The van der Waals surface area contributed by atoms with Gasteiger partial charge < -0.3 is 9.47 Å². The molecule has 0 radical (unpaired) electrons. The Labute approximate surface area is 184 Å². The minimum atomic E-state index is -1.20. The smallest absolute Gasteiger partial charge is 0.362 e. The molecule has 0 saturated heterocycles. The fourth-order valence-electron chi connectivity index (χ4n) is 2.85. The number of nitriles is 1. The normalized spacial score (nSPS) is 12.5. The molecule has 0 saturated carbocycles. The van der Waals surface area contributed by atoms with Crippen molar-refractivity contribution in [1.29, 1.82) is 5.26 Å². The second-order valence-electron chi connectivity index (χ2n) is 7.76. The first kappa shape index (κ1) is 24.1. The van der Waals surface area contributed by atoms with Crippen molar-refractivity contribution in [2.45, 2.75) is 65.7 Å². The second kappa shape index (κ2) is 11.8. The van der Waals surface area contributed by atoms with E-state index >= 15 is 0 Å². The number of aromatic nitrogens is 1. The summed E-state index contributed by atoms with van der Waals surface area (Å²) in [6.45, 7) is 5.49. The van der Waals surface area contributed by atoms with E-state index in [0.29, 0.717) is 12.2 Å². The molecule has 0 aliphatic carbocycles. The van der Waals surface area contributed by atoms with Gasteiger partial charge in [0.15, 0.2) is 5.41 Å². The van der Waals surface area contributed by atoms with Crippen LogP contribution in [-0.2, 0) is 11.2 Å². The number of esters is 2. The highest BCUT2D eigenvalue weighted by atomic mass is 16.5. The van der Waals surface area contributed by atoms with E-state index in [-0.39, 0.29) is 11.4 Å². The van der Waals surface area contributed by atoms with Crippen LogP contribution < -0.4 is 9.47 Å². The van der Waals surface area contributed by atoms with Crippen LogP contribution in [-0.4, -0.2) is 16.9 Å². The van der Waals surface area contributed by atoms with Gasteiger partial charge in [-0.1, -0.05) is 45.6 Å². The zero-order chi connectivity index (χ0) is 22.7. The Morgan fingerprint density at radius 2 is 1.61 bits per heavy atom. The number of ether oxygens (including phenoxy) is 2. The molecule has 2 aromatic rings. The Hall–Kier alpha value is -3.20. The molecule has 0 fully saturated rings. The average Bonchev–Trinajstić information content (AvgIpc) is 2.80. The number of pyridine rings is 1. The third kappa shape index (κ3) is 7.21. The molecule has 0 aliphatic rings. The highest BCUT2D eigenvalue weighted by Gasteiger charge is 2.33. The van der Waals surface area contributed by atoms with E-state index in [9.17, 15) is 9.59 Å². The minimum absolute atomic E-state index is 0.234. The van der Waals surface area contributed by atoms with Crippen LogP contribution in [0.1, 0.15) is 75.3 Å². The Morgan fingerprint density at radius 1 is 0.968 bits per heavy atom. The van der Waals surface area contributed by atoms with Crippen LogP contribution in [0.4, 0.5) is 0 Å². The van der Waals surface area contributed by atoms with E-state index in [1.165, 1.54) is 56.9 Å². The monoisotopic (exact) mass is 422 g/mol. The summed E-state index contributed by atoms with van der Waals surface area (Å²) in [4.78, 5) is 28.7. The van der Waals surface area contributed by atoms with Crippen molar-refractivity contribution in [2.75, 3.05) is 0 Å². The molecule has 1 aromatic heterocycles. The molecule has 0 N–H and O–H groups in total. The fraction of sp³-hybridized carbons (Fsp3) is 0.440. The predicted octanol–water partition coefficient (Wildman–Crippen LogP) is 5.66. The van der Waals surface area contributed by atoms with E-state index in [1.54, 1.807) is 19.2 Å². The Morgan fingerprint density at radius 3 is 2.16 bits per heavy atom. The summed E-state index contributed by atoms with van der Waals surface area (Å²) in [5, 5.41) is 9.16. The molecule has 1 atom stereocenters. The van der Waals surface area contributed by atoms with Crippen molar-refractivity contribution in [1.82, 2.24) is 4.98 Å². The van der Waals surface area contributed by atoms with Crippen LogP contribution in [0.5, 0.6) is 11.5 Å². The molecule has 0 aliphatic heterocycles. The SMILES string of the molecule is CCCCCCCc1ccc(C(=O)Oc2ccc(OC(=O)C(C)(C#N)CC)cc2)nc1. The topological polar surface area (TPSA) is 89.3 Å². The van der Waals surface area contributed by atoms with Crippen LogP contribution in [0.2, 0.25) is 0 Å². The molecule has 1 aromatic carbocycles. The van der Waals surface area contributed by atoms with Gasteiger partial charge in [-0.3, -0.25) is 0 Å². The van der Waals surface area contributed by atoms with Gasteiger partial charge in [0.25, 0.3) is 0 Å². The lowest BCUT2D eigenvalue weighted by molar-refractivity contribution is -0.141. The summed E-state index contributed by atoms with van der Waals surface area (Å²) in [5.74, 6) is -0.578. The number of hydrogen-bond donors (Lipinski definition) is 0. The summed E-state index contributed by atoms with van der Waals surface area (Å²) in [7, 11) is 0.